The lowest BCUT2D eigenvalue weighted by molar-refractivity contribution is -0.136. The van der Waals surface area contributed by atoms with Gasteiger partial charge in [0, 0.05) is 13.6 Å². The average Bonchev–Trinajstić information content (AvgIpc) is 3.11. The van der Waals surface area contributed by atoms with Crippen LogP contribution in [-0.2, 0) is 10.2 Å². The van der Waals surface area contributed by atoms with Gasteiger partial charge in [-0.3, -0.25) is 4.79 Å². The molecule has 160 valence electrons. The Kier molecular flexibility index (Phi) is 4.83. The van der Waals surface area contributed by atoms with Crippen molar-refractivity contribution in [3.63, 3.8) is 0 Å². The molecule has 0 spiro atoms. The third kappa shape index (κ3) is 3.03. The molecule has 2 aromatic rings. The maximum atomic E-state index is 13.2. The van der Waals surface area contributed by atoms with Crippen LogP contribution in [0.2, 0.25) is 0 Å². The van der Waals surface area contributed by atoms with E-state index in [4.69, 9.17) is 14.2 Å². The normalized spacial score (nSPS) is 28.5. The summed E-state index contributed by atoms with van der Waals surface area (Å²) in [5.41, 5.74) is 1.06. The van der Waals surface area contributed by atoms with Gasteiger partial charge in [0.05, 0.1) is 24.4 Å². The summed E-state index contributed by atoms with van der Waals surface area (Å²) in [6, 6.07) is 8.19. The monoisotopic (exact) mass is 409 g/mol. The Hall–Kier alpha value is -2.37. The van der Waals surface area contributed by atoms with Crippen molar-refractivity contribution in [3.8, 4) is 5.75 Å². The summed E-state index contributed by atoms with van der Waals surface area (Å²) in [5, 5.41) is 4.43. The third-order valence-electron chi connectivity index (χ3n) is 7.68. The van der Waals surface area contributed by atoms with Crippen molar-refractivity contribution in [2.75, 3.05) is 20.7 Å². The van der Waals surface area contributed by atoms with Crippen molar-refractivity contribution >= 4 is 5.91 Å². The van der Waals surface area contributed by atoms with Crippen LogP contribution in [0.5, 0.6) is 5.75 Å². The second kappa shape index (κ2) is 7.40. The number of methoxy groups -OCH3 is 1. The second-order valence-electron chi connectivity index (χ2n) is 9.41. The molecule has 5 rings (SSSR count). The molecule has 2 bridgehead atoms. The first-order valence-corrected chi connectivity index (χ1v) is 11.3. The lowest BCUT2D eigenvalue weighted by atomic mass is 9.78. The van der Waals surface area contributed by atoms with Crippen molar-refractivity contribution in [2.45, 2.75) is 56.8 Å². The van der Waals surface area contributed by atoms with Gasteiger partial charge < -0.3 is 14.2 Å². The summed E-state index contributed by atoms with van der Waals surface area (Å²) >= 11 is 0. The molecular formula is C24H31N3O3. The molecule has 6 heteroatoms. The van der Waals surface area contributed by atoms with Crippen molar-refractivity contribution in [1.29, 1.82) is 0 Å². The number of hydrogen-bond acceptors (Lipinski definition) is 5. The summed E-state index contributed by atoms with van der Waals surface area (Å²) in [6.07, 6.45) is 6.45. The molecule has 1 aromatic heterocycles. The summed E-state index contributed by atoms with van der Waals surface area (Å²) in [5.74, 6) is 3.57. The van der Waals surface area contributed by atoms with Gasteiger partial charge in [-0.15, -0.1) is 0 Å². The number of aromatic nitrogens is 2. The van der Waals surface area contributed by atoms with E-state index in [1.807, 2.05) is 24.1 Å². The zero-order valence-corrected chi connectivity index (χ0v) is 18.1. The first kappa shape index (κ1) is 19.6. The first-order valence-electron chi connectivity index (χ1n) is 11.3. The standard InChI is InChI=1S/C24H31N3O3/c1-4-13-27(2)22(28)20-16-6-5-15(14-16)19(20)21-25-23(26-30-21)24(11-12-24)17-7-9-18(29-3)10-8-17/h7-10,15-16,19-20H,4-6,11-14H2,1-3H3/t15-,16+,19+,20+/m1/s1. The van der Waals surface area contributed by atoms with Gasteiger partial charge in [0.2, 0.25) is 11.8 Å². The molecule has 0 N–H and O–H groups in total. The van der Waals surface area contributed by atoms with Gasteiger partial charge in [-0.2, -0.15) is 4.98 Å². The third-order valence-corrected chi connectivity index (χ3v) is 7.68. The zero-order valence-electron chi connectivity index (χ0n) is 18.1. The molecular weight excluding hydrogens is 378 g/mol. The summed E-state index contributed by atoms with van der Waals surface area (Å²) in [7, 11) is 3.61. The predicted octanol–water partition coefficient (Wildman–Crippen LogP) is 4.16. The Labute approximate surface area is 178 Å². The van der Waals surface area contributed by atoms with Crippen LogP contribution >= 0.6 is 0 Å². The van der Waals surface area contributed by atoms with Crippen LogP contribution in [0.15, 0.2) is 28.8 Å². The number of benzene rings is 1. The molecule has 6 nitrogen and oxygen atoms in total. The Balaban J connectivity index is 1.42. The molecule has 3 aliphatic rings. The van der Waals surface area contributed by atoms with Crippen LogP contribution in [0.25, 0.3) is 0 Å². The van der Waals surface area contributed by atoms with Crippen molar-refractivity contribution < 1.29 is 14.1 Å². The Morgan fingerprint density at radius 3 is 2.63 bits per heavy atom. The number of hydrogen-bond donors (Lipinski definition) is 0. The van der Waals surface area contributed by atoms with E-state index >= 15 is 0 Å². The number of rotatable bonds is 7. The number of ether oxygens (including phenoxy) is 1. The highest BCUT2D eigenvalue weighted by Crippen LogP contribution is 2.58. The van der Waals surface area contributed by atoms with Crippen LogP contribution in [-0.4, -0.2) is 41.6 Å². The number of carbonyl (C=O) groups is 1. The molecule has 30 heavy (non-hydrogen) atoms. The quantitative estimate of drug-likeness (QED) is 0.687. The van der Waals surface area contributed by atoms with Gasteiger partial charge in [0.1, 0.15) is 5.75 Å². The molecule has 4 atom stereocenters. The van der Waals surface area contributed by atoms with E-state index in [9.17, 15) is 4.79 Å². The summed E-state index contributed by atoms with van der Waals surface area (Å²) in [4.78, 5) is 20.1. The number of carbonyl (C=O) groups excluding carboxylic acids is 1. The Bertz CT molecular complexity index is 918. The largest absolute Gasteiger partial charge is 0.497 e. The maximum Gasteiger partial charge on any atom is 0.230 e. The van der Waals surface area contributed by atoms with Gasteiger partial charge in [0.15, 0.2) is 5.82 Å². The average molecular weight is 410 g/mol. The highest BCUT2D eigenvalue weighted by molar-refractivity contribution is 5.80. The lowest BCUT2D eigenvalue weighted by Gasteiger charge is -2.31. The molecule has 3 aliphatic carbocycles. The van der Waals surface area contributed by atoms with Gasteiger partial charge >= 0.3 is 0 Å². The van der Waals surface area contributed by atoms with Crippen LogP contribution in [0.3, 0.4) is 0 Å². The SMILES string of the molecule is CCCN(C)C(=O)[C@H]1[C@H]2CC[C@H](C2)[C@@H]1c1nc(C2(c3ccc(OC)cc3)CC2)no1. The number of amides is 1. The second-order valence-corrected chi connectivity index (χ2v) is 9.41. The van der Waals surface area contributed by atoms with E-state index in [0.29, 0.717) is 17.7 Å². The molecule has 1 aromatic carbocycles. The van der Waals surface area contributed by atoms with Crippen LogP contribution < -0.4 is 4.74 Å². The van der Waals surface area contributed by atoms with E-state index in [0.717, 1.165) is 56.6 Å². The van der Waals surface area contributed by atoms with Crippen LogP contribution in [0, 0.1) is 17.8 Å². The minimum Gasteiger partial charge on any atom is -0.497 e. The van der Waals surface area contributed by atoms with E-state index in [-0.39, 0.29) is 23.2 Å². The molecule has 0 aliphatic heterocycles. The van der Waals surface area contributed by atoms with Gasteiger partial charge in [-0.25, -0.2) is 0 Å². The highest BCUT2D eigenvalue weighted by atomic mass is 16.5. The summed E-state index contributed by atoms with van der Waals surface area (Å²) in [6.45, 7) is 2.91. The van der Waals surface area contributed by atoms with Gasteiger partial charge in [0.25, 0.3) is 0 Å². The van der Waals surface area contributed by atoms with E-state index in [2.05, 4.69) is 24.2 Å². The minimum atomic E-state index is -0.149. The summed E-state index contributed by atoms with van der Waals surface area (Å²) < 4.78 is 11.2. The highest BCUT2D eigenvalue weighted by Gasteiger charge is 2.55. The molecule has 1 heterocycles. The zero-order chi connectivity index (χ0) is 20.9. The Morgan fingerprint density at radius 2 is 1.97 bits per heavy atom. The topological polar surface area (TPSA) is 68.5 Å². The number of nitrogens with zero attached hydrogens (tertiary/aromatic N) is 3. The fourth-order valence-corrected chi connectivity index (χ4v) is 5.94. The van der Waals surface area contributed by atoms with E-state index in [1.54, 1.807) is 7.11 Å². The van der Waals surface area contributed by atoms with E-state index < -0.39 is 0 Å². The van der Waals surface area contributed by atoms with Gasteiger partial charge in [-0.05, 0) is 68.1 Å². The molecule has 0 saturated heterocycles. The van der Waals surface area contributed by atoms with Crippen LogP contribution in [0.4, 0.5) is 0 Å². The maximum absolute atomic E-state index is 13.2. The predicted molar refractivity (Wildman–Crippen MR) is 112 cm³/mol. The molecule has 3 saturated carbocycles. The van der Waals surface area contributed by atoms with Crippen molar-refractivity contribution in [3.05, 3.63) is 41.5 Å². The minimum absolute atomic E-state index is 0.00950. The molecule has 3 fully saturated rings. The van der Waals surface area contributed by atoms with Crippen molar-refractivity contribution in [2.24, 2.45) is 17.8 Å². The molecule has 1 amide bonds. The van der Waals surface area contributed by atoms with Gasteiger partial charge in [-0.1, -0.05) is 24.2 Å². The molecule has 0 radical (unpaired) electrons. The lowest BCUT2D eigenvalue weighted by Crippen LogP contribution is -2.39. The fourth-order valence-electron chi connectivity index (χ4n) is 5.94. The first-order chi connectivity index (χ1) is 14.6. The van der Waals surface area contributed by atoms with E-state index in [1.165, 1.54) is 5.56 Å². The van der Waals surface area contributed by atoms with Crippen LogP contribution in [0.1, 0.15) is 68.6 Å². The fraction of sp³-hybridized carbons (Fsp3) is 0.625. The van der Waals surface area contributed by atoms with Crippen molar-refractivity contribution in [1.82, 2.24) is 15.0 Å². The smallest absolute Gasteiger partial charge is 0.230 e. The number of fused-ring (bicyclic) bond motifs is 2. The molecule has 0 unspecified atom stereocenters. The Morgan fingerprint density at radius 1 is 1.23 bits per heavy atom.